The summed E-state index contributed by atoms with van der Waals surface area (Å²) in [5.74, 6) is -1.17. The Labute approximate surface area is 92.8 Å². The number of carbonyl (C=O) groups is 3. The van der Waals surface area contributed by atoms with Crippen LogP contribution in [0.1, 0.15) is 6.42 Å². The summed E-state index contributed by atoms with van der Waals surface area (Å²) in [7, 11) is 1.22. The SMILES string of the molecule is COC(=O)/C=C/C(=O)OCCN1CCC1=O. The summed E-state index contributed by atoms with van der Waals surface area (Å²) in [6.07, 6.45) is 2.54. The van der Waals surface area contributed by atoms with Gasteiger partial charge in [-0.1, -0.05) is 0 Å². The molecule has 0 unspecified atom stereocenters. The van der Waals surface area contributed by atoms with Crippen LogP contribution in [0.3, 0.4) is 0 Å². The lowest BCUT2D eigenvalue weighted by Crippen LogP contribution is -2.45. The molecule has 0 atom stereocenters. The molecule has 0 bridgehead atoms. The number of methoxy groups -OCH3 is 1. The van der Waals surface area contributed by atoms with Crippen molar-refractivity contribution in [2.75, 3.05) is 26.8 Å². The average molecular weight is 227 g/mol. The first-order valence-electron chi connectivity index (χ1n) is 4.84. The molecule has 88 valence electrons. The molecule has 0 spiro atoms. The van der Waals surface area contributed by atoms with Gasteiger partial charge in [0.05, 0.1) is 13.7 Å². The Kier molecular flexibility index (Phi) is 4.50. The Balaban J connectivity index is 2.12. The number of nitrogens with zero attached hydrogens (tertiary/aromatic N) is 1. The largest absolute Gasteiger partial charge is 0.466 e. The Hall–Kier alpha value is -1.85. The topological polar surface area (TPSA) is 72.9 Å². The number of amides is 1. The number of esters is 2. The maximum Gasteiger partial charge on any atom is 0.331 e. The fourth-order valence-corrected chi connectivity index (χ4v) is 1.11. The molecule has 0 N–H and O–H groups in total. The smallest absolute Gasteiger partial charge is 0.331 e. The minimum absolute atomic E-state index is 0.0705. The number of ether oxygens (including phenoxy) is 2. The van der Waals surface area contributed by atoms with Crippen molar-refractivity contribution < 1.29 is 23.9 Å². The van der Waals surface area contributed by atoms with Crippen molar-refractivity contribution in [1.82, 2.24) is 4.90 Å². The normalized spacial score (nSPS) is 14.8. The maximum atomic E-state index is 11.0. The summed E-state index contributed by atoms with van der Waals surface area (Å²) < 4.78 is 9.06. The molecule has 6 heteroatoms. The fourth-order valence-electron chi connectivity index (χ4n) is 1.11. The predicted octanol–water partition coefficient (Wildman–Crippen LogP) is -0.509. The number of β-lactam (4-membered cyclic amide) rings is 1. The first kappa shape index (κ1) is 12.2. The van der Waals surface area contributed by atoms with E-state index in [0.29, 0.717) is 19.5 Å². The monoisotopic (exact) mass is 227 g/mol. The van der Waals surface area contributed by atoms with Crippen LogP contribution in [0.25, 0.3) is 0 Å². The third-order valence-electron chi connectivity index (χ3n) is 2.11. The van der Waals surface area contributed by atoms with Gasteiger partial charge in [-0.25, -0.2) is 9.59 Å². The molecule has 0 aromatic rings. The quantitative estimate of drug-likeness (QED) is 0.359. The first-order valence-corrected chi connectivity index (χ1v) is 4.84. The van der Waals surface area contributed by atoms with Crippen LogP contribution in [0, 0.1) is 0 Å². The van der Waals surface area contributed by atoms with Crippen LogP contribution in [0.4, 0.5) is 0 Å². The average Bonchev–Trinajstić information content (AvgIpc) is 2.29. The standard InChI is InChI=1S/C10H13NO5/c1-15-9(13)2-3-10(14)16-7-6-11-5-4-8(11)12/h2-3H,4-7H2,1H3/b3-2+. The van der Waals surface area contributed by atoms with Gasteiger partial charge in [-0.15, -0.1) is 0 Å². The van der Waals surface area contributed by atoms with Crippen molar-refractivity contribution in [2.24, 2.45) is 0 Å². The Morgan fingerprint density at radius 2 is 2.06 bits per heavy atom. The predicted molar refractivity (Wildman–Crippen MR) is 53.3 cm³/mol. The van der Waals surface area contributed by atoms with E-state index in [-0.39, 0.29) is 12.5 Å². The van der Waals surface area contributed by atoms with Gasteiger partial charge < -0.3 is 14.4 Å². The lowest BCUT2D eigenvalue weighted by molar-refractivity contribution is -0.145. The number of hydrogen-bond acceptors (Lipinski definition) is 5. The van der Waals surface area contributed by atoms with Gasteiger partial charge in [0.1, 0.15) is 6.61 Å². The van der Waals surface area contributed by atoms with E-state index in [9.17, 15) is 14.4 Å². The van der Waals surface area contributed by atoms with E-state index in [4.69, 9.17) is 4.74 Å². The van der Waals surface area contributed by atoms with Gasteiger partial charge in [-0.05, 0) is 0 Å². The second-order valence-electron chi connectivity index (χ2n) is 3.15. The molecule has 0 radical (unpaired) electrons. The molecule has 0 saturated carbocycles. The van der Waals surface area contributed by atoms with E-state index in [0.717, 1.165) is 12.2 Å². The zero-order chi connectivity index (χ0) is 12.0. The molecule has 1 rings (SSSR count). The van der Waals surface area contributed by atoms with Crippen molar-refractivity contribution in [3.05, 3.63) is 12.2 Å². The summed E-state index contributed by atoms with van der Waals surface area (Å²) in [5, 5.41) is 0. The fraction of sp³-hybridized carbons (Fsp3) is 0.500. The van der Waals surface area contributed by atoms with E-state index in [2.05, 4.69) is 4.74 Å². The van der Waals surface area contributed by atoms with Crippen LogP contribution < -0.4 is 0 Å². The molecule has 0 aliphatic carbocycles. The molecular formula is C10H13NO5. The highest BCUT2D eigenvalue weighted by Gasteiger charge is 2.22. The zero-order valence-corrected chi connectivity index (χ0v) is 8.97. The highest BCUT2D eigenvalue weighted by Crippen LogP contribution is 2.06. The summed E-state index contributed by atoms with van der Waals surface area (Å²) >= 11 is 0. The molecule has 6 nitrogen and oxygen atoms in total. The zero-order valence-electron chi connectivity index (χ0n) is 8.97. The molecule has 1 aliphatic heterocycles. The van der Waals surface area contributed by atoms with Crippen LogP contribution in [0.2, 0.25) is 0 Å². The second-order valence-corrected chi connectivity index (χ2v) is 3.15. The van der Waals surface area contributed by atoms with Gasteiger partial charge in [0.25, 0.3) is 0 Å². The third-order valence-corrected chi connectivity index (χ3v) is 2.11. The van der Waals surface area contributed by atoms with E-state index < -0.39 is 11.9 Å². The highest BCUT2D eigenvalue weighted by molar-refractivity contribution is 5.91. The Bertz CT molecular complexity index is 323. The molecule has 1 saturated heterocycles. The van der Waals surface area contributed by atoms with Crippen LogP contribution in [0.15, 0.2) is 12.2 Å². The van der Waals surface area contributed by atoms with Gasteiger partial charge in [0, 0.05) is 25.1 Å². The van der Waals surface area contributed by atoms with Gasteiger partial charge in [0.2, 0.25) is 5.91 Å². The van der Waals surface area contributed by atoms with E-state index in [1.165, 1.54) is 7.11 Å². The molecule has 1 fully saturated rings. The third kappa shape index (κ3) is 3.72. The van der Waals surface area contributed by atoms with Crippen LogP contribution >= 0.6 is 0 Å². The van der Waals surface area contributed by atoms with E-state index in [1.807, 2.05) is 0 Å². The van der Waals surface area contributed by atoms with Gasteiger partial charge in [-0.2, -0.15) is 0 Å². The molecule has 1 aliphatic rings. The molecular weight excluding hydrogens is 214 g/mol. The molecule has 0 aromatic heterocycles. The number of likely N-dealkylation sites (tertiary alicyclic amines) is 1. The van der Waals surface area contributed by atoms with Crippen LogP contribution in [0.5, 0.6) is 0 Å². The van der Waals surface area contributed by atoms with Gasteiger partial charge in [0.15, 0.2) is 0 Å². The van der Waals surface area contributed by atoms with Crippen molar-refractivity contribution >= 4 is 17.8 Å². The second kappa shape index (κ2) is 5.89. The van der Waals surface area contributed by atoms with E-state index in [1.54, 1.807) is 4.90 Å². The lowest BCUT2D eigenvalue weighted by atomic mass is 10.2. The van der Waals surface area contributed by atoms with Gasteiger partial charge >= 0.3 is 11.9 Å². The Morgan fingerprint density at radius 3 is 2.56 bits per heavy atom. The summed E-state index contributed by atoms with van der Waals surface area (Å²) in [5.41, 5.74) is 0. The van der Waals surface area contributed by atoms with Crippen molar-refractivity contribution in [1.29, 1.82) is 0 Å². The number of rotatable bonds is 5. The molecule has 16 heavy (non-hydrogen) atoms. The highest BCUT2D eigenvalue weighted by atomic mass is 16.5. The first-order chi connectivity index (χ1) is 7.63. The Morgan fingerprint density at radius 1 is 1.38 bits per heavy atom. The molecule has 0 aromatic carbocycles. The van der Waals surface area contributed by atoms with Crippen molar-refractivity contribution in [3.8, 4) is 0 Å². The summed E-state index contributed by atoms with van der Waals surface area (Å²) in [6.45, 7) is 1.25. The van der Waals surface area contributed by atoms with Crippen molar-refractivity contribution in [3.63, 3.8) is 0 Å². The van der Waals surface area contributed by atoms with Crippen LogP contribution in [-0.2, 0) is 23.9 Å². The van der Waals surface area contributed by atoms with E-state index >= 15 is 0 Å². The van der Waals surface area contributed by atoms with Crippen LogP contribution in [-0.4, -0.2) is 49.6 Å². The van der Waals surface area contributed by atoms with Crippen molar-refractivity contribution in [2.45, 2.75) is 6.42 Å². The maximum absolute atomic E-state index is 11.0. The molecule has 1 heterocycles. The lowest BCUT2D eigenvalue weighted by Gasteiger charge is -2.30. The van der Waals surface area contributed by atoms with Gasteiger partial charge in [-0.3, -0.25) is 4.79 Å². The minimum Gasteiger partial charge on any atom is -0.466 e. The minimum atomic E-state index is -0.627. The molecule has 1 amide bonds. The summed E-state index contributed by atoms with van der Waals surface area (Å²) in [6, 6.07) is 0. The summed E-state index contributed by atoms with van der Waals surface area (Å²) in [4.78, 5) is 34.1. The number of hydrogen-bond donors (Lipinski definition) is 0. The number of carbonyl (C=O) groups excluding carboxylic acids is 3.